The largest absolute Gasteiger partial charge is 0.419 e. The molecular weight excluding hydrogens is 378 g/mol. The number of hydrogen-bond acceptors (Lipinski definition) is 3. The number of amides is 1. The summed E-state index contributed by atoms with van der Waals surface area (Å²) in [5.74, 6) is -2.75. The molecule has 0 aliphatic carbocycles. The fourth-order valence-electron chi connectivity index (χ4n) is 3.19. The molecule has 0 saturated carbocycles. The first-order valence-electron chi connectivity index (χ1n) is 8.81. The molecule has 0 saturated heterocycles. The first kappa shape index (κ1) is 18.6. The smallest absolute Gasteiger partial charge is 0.408 e. The van der Waals surface area contributed by atoms with Crippen molar-refractivity contribution >= 4 is 22.7 Å². The van der Waals surface area contributed by atoms with E-state index in [-0.39, 0.29) is 5.56 Å². The van der Waals surface area contributed by atoms with Gasteiger partial charge in [0, 0.05) is 12.6 Å². The summed E-state index contributed by atoms with van der Waals surface area (Å²) in [4.78, 5) is 24.1. The summed E-state index contributed by atoms with van der Waals surface area (Å²) in [6, 6.07) is 13.6. The minimum absolute atomic E-state index is 0.251. The maximum Gasteiger partial charge on any atom is 0.419 e. The van der Waals surface area contributed by atoms with Crippen LogP contribution in [0.1, 0.15) is 15.9 Å². The summed E-state index contributed by atoms with van der Waals surface area (Å²) in [5.41, 5.74) is 3.51. The molecule has 7 heteroatoms. The van der Waals surface area contributed by atoms with Crippen LogP contribution in [0.3, 0.4) is 0 Å². The molecule has 0 aliphatic heterocycles. The maximum atomic E-state index is 13.7. The summed E-state index contributed by atoms with van der Waals surface area (Å²) in [7, 11) is 1.64. The van der Waals surface area contributed by atoms with E-state index in [1.54, 1.807) is 37.4 Å². The molecule has 0 spiro atoms. The molecule has 29 heavy (non-hydrogen) atoms. The average molecular weight is 394 g/mol. The quantitative estimate of drug-likeness (QED) is 0.551. The summed E-state index contributed by atoms with van der Waals surface area (Å²) >= 11 is 0. The Kier molecular flexibility index (Phi) is 4.50. The number of aromatic nitrogens is 1. The number of aryl methyl sites for hydroxylation is 2. The van der Waals surface area contributed by atoms with Crippen molar-refractivity contribution in [3.63, 3.8) is 0 Å². The van der Waals surface area contributed by atoms with Gasteiger partial charge in [-0.1, -0.05) is 18.2 Å². The van der Waals surface area contributed by atoms with Gasteiger partial charge in [0.15, 0.2) is 5.58 Å². The van der Waals surface area contributed by atoms with Crippen LogP contribution in [-0.4, -0.2) is 10.5 Å². The molecule has 0 radical (unpaired) electrons. The Balaban J connectivity index is 1.64. The summed E-state index contributed by atoms with van der Waals surface area (Å²) < 4.78 is 34.1. The predicted molar refractivity (Wildman–Crippen MR) is 106 cm³/mol. The zero-order valence-electron chi connectivity index (χ0n) is 15.6. The van der Waals surface area contributed by atoms with Crippen molar-refractivity contribution in [3.05, 3.63) is 87.9 Å². The Morgan fingerprint density at radius 3 is 2.34 bits per heavy atom. The van der Waals surface area contributed by atoms with Gasteiger partial charge < -0.3 is 9.73 Å². The lowest BCUT2D eigenvalue weighted by atomic mass is 9.98. The van der Waals surface area contributed by atoms with Crippen LogP contribution in [0.2, 0.25) is 0 Å². The normalized spacial score (nSPS) is 11.0. The lowest BCUT2D eigenvalue weighted by Crippen LogP contribution is -2.14. The van der Waals surface area contributed by atoms with Crippen LogP contribution in [0.5, 0.6) is 0 Å². The number of carbonyl (C=O) groups is 1. The predicted octanol–water partition coefficient (Wildman–Crippen LogP) is 4.64. The molecule has 0 unspecified atom stereocenters. The van der Waals surface area contributed by atoms with E-state index in [1.807, 2.05) is 13.0 Å². The molecule has 0 atom stereocenters. The van der Waals surface area contributed by atoms with E-state index in [9.17, 15) is 18.4 Å². The highest BCUT2D eigenvalue weighted by molar-refractivity contribution is 6.04. The second-order valence-corrected chi connectivity index (χ2v) is 6.69. The molecule has 0 fully saturated rings. The molecule has 1 amide bonds. The first-order chi connectivity index (χ1) is 13.8. The van der Waals surface area contributed by atoms with Crippen molar-refractivity contribution in [2.45, 2.75) is 6.92 Å². The van der Waals surface area contributed by atoms with Crippen LogP contribution < -0.4 is 11.1 Å². The number of hydrogen-bond donors (Lipinski definition) is 1. The van der Waals surface area contributed by atoms with Crippen molar-refractivity contribution in [1.82, 2.24) is 4.57 Å². The van der Waals surface area contributed by atoms with Gasteiger partial charge in [0.2, 0.25) is 0 Å². The number of fused-ring (bicyclic) bond motifs is 1. The van der Waals surface area contributed by atoms with Gasteiger partial charge in [0.25, 0.3) is 5.91 Å². The minimum atomic E-state index is -0.844. The van der Waals surface area contributed by atoms with Crippen LogP contribution in [0.15, 0.2) is 63.8 Å². The van der Waals surface area contributed by atoms with Gasteiger partial charge in [-0.2, -0.15) is 0 Å². The van der Waals surface area contributed by atoms with E-state index >= 15 is 0 Å². The standard InChI is InChI=1S/C22H16F2N2O3/c1-12-10-18-19(29-22(28)26(18)2)11-15(12)13-6-8-14(9-7-13)21(27)25-20-16(23)4-3-5-17(20)24/h3-11H,1-2H3,(H,25,27). The third-order valence-corrected chi connectivity index (χ3v) is 4.80. The highest BCUT2D eigenvalue weighted by atomic mass is 19.1. The van der Waals surface area contributed by atoms with Gasteiger partial charge in [0.1, 0.15) is 17.3 Å². The van der Waals surface area contributed by atoms with Gasteiger partial charge in [-0.05, 0) is 60.0 Å². The third kappa shape index (κ3) is 3.31. The van der Waals surface area contributed by atoms with Crippen LogP contribution >= 0.6 is 0 Å². The Bertz CT molecular complexity index is 1280. The van der Waals surface area contributed by atoms with Gasteiger partial charge in [-0.3, -0.25) is 9.36 Å². The second-order valence-electron chi connectivity index (χ2n) is 6.69. The Morgan fingerprint density at radius 2 is 1.69 bits per heavy atom. The number of oxazole rings is 1. The van der Waals surface area contributed by atoms with Crippen molar-refractivity contribution in [2.24, 2.45) is 7.05 Å². The molecule has 4 aromatic rings. The molecule has 0 bridgehead atoms. The van der Waals surface area contributed by atoms with Gasteiger partial charge in [-0.15, -0.1) is 0 Å². The molecule has 1 N–H and O–H groups in total. The number of halogens is 2. The fraction of sp³-hybridized carbons (Fsp3) is 0.0909. The minimum Gasteiger partial charge on any atom is -0.408 e. The fourth-order valence-corrected chi connectivity index (χ4v) is 3.19. The van der Waals surface area contributed by atoms with Gasteiger partial charge >= 0.3 is 5.76 Å². The molecule has 4 rings (SSSR count). The lowest BCUT2D eigenvalue weighted by molar-refractivity contribution is 0.102. The van der Waals surface area contributed by atoms with Gasteiger partial charge in [0.05, 0.1) is 5.52 Å². The number of nitrogens with zero attached hydrogens (tertiary/aromatic N) is 1. The van der Waals surface area contributed by atoms with Crippen LogP contribution in [0.25, 0.3) is 22.2 Å². The van der Waals surface area contributed by atoms with E-state index in [1.165, 1.54) is 10.6 Å². The van der Waals surface area contributed by atoms with Crippen molar-refractivity contribution in [2.75, 3.05) is 5.32 Å². The third-order valence-electron chi connectivity index (χ3n) is 4.80. The molecule has 5 nitrogen and oxygen atoms in total. The Hall–Kier alpha value is -3.74. The summed E-state index contributed by atoms with van der Waals surface area (Å²) in [6.07, 6.45) is 0. The molecule has 146 valence electrons. The van der Waals surface area contributed by atoms with Crippen molar-refractivity contribution < 1.29 is 18.0 Å². The Morgan fingerprint density at radius 1 is 1.03 bits per heavy atom. The molecule has 3 aromatic carbocycles. The van der Waals surface area contributed by atoms with Crippen LogP contribution in [0, 0.1) is 18.6 Å². The molecular formula is C22H16F2N2O3. The SMILES string of the molecule is Cc1cc2c(cc1-c1ccc(C(=O)Nc3c(F)cccc3F)cc1)oc(=O)n2C. The summed E-state index contributed by atoms with van der Waals surface area (Å²) in [5, 5.41) is 2.26. The van der Waals surface area contributed by atoms with Crippen molar-refractivity contribution in [3.8, 4) is 11.1 Å². The maximum absolute atomic E-state index is 13.7. The molecule has 0 aliphatic rings. The van der Waals surface area contributed by atoms with E-state index < -0.39 is 29.0 Å². The first-order valence-corrected chi connectivity index (χ1v) is 8.81. The highest BCUT2D eigenvalue weighted by Crippen LogP contribution is 2.28. The molecule has 1 aromatic heterocycles. The van der Waals surface area contributed by atoms with Gasteiger partial charge in [-0.25, -0.2) is 13.6 Å². The average Bonchev–Trinajstić information content (AvgIpc) is 2.98. The van der Waals surface area contributed by atoms with E-state index in [2.05, 4.69) is 5.32 Å². The van der Waals surface area contributed by atoms with E-state index in [0.29, 0.717) is 11.1 Å². The monoisotopic (exact) mass is 394 g/mol. The van der Waals surface area contributed by atoms with Crippen LogP contribution in [-0.2, 0) is 7.05 Å². The number of rotatable bonds is 3. The zero-order chi connectivity index (χ0) is 20.7. The number of carbonyl (C=O) groups excluding carboxylic acids is 1. The van der Waals surface area contributed by atoms with E-state index in [0.717, 1.165) is 28.8 Å². The number of anilines is 1. The number of nitrogens with one attached hydrogen (secondary N) is 1. The molecule has 1 heterocycles. The topological polar surface area (TPSA) is 64.2 Å². The number of benzene rings is 3. The highest BCUT2D eigenvalue weighted by Gasteiger charge is 2.15. The second kappa shape index (κ2) is 7.01. The summed E-state index contributed by atoms with van der Waals surface area (Å²) in [6.45, 7) is 1.91. The number of para-hydroxylation sites is 1. The zero-order valence-corrected chi connectivity index (χ0v) is 15.6. The van der Waals surface area contributed by atoms with Crippen molar-refractivity contribution in [1.29, 1.82) is 0 Å². The Labute approximate surface area is 164 Å². The van der Waals surface area contributed by atoms with E-state index in [4.69, 9.17) is 4.42 Å². The lowest BCUT2D eigenvalue weighted by Gasteiger charge is -2.09. The van der Waals surface area contributed by atoms with Crippen LogP contribution in [0.4, 0.5) is 14.5 Å².